The number of carbonyl (C=O) groups is 1. The van der Waals surface area contributed by atoms with Gasteiger partial charge in [0.15, 0.2) is 23.0 Å². The molecule has 0 unspecified atom stereocenters. The molecule has 7 heteroatoms. The molecule has 1 N–H and O–H groups in total. The van der Waals surface area contributed by atoms with Crippen molar-refractivity contribution in [2.75, 3.05) is 54.6 Å². The van der Waals surface area contributed by atoms with Crippen molar-refractivity contribution < 1.29 is 23.7 Å². The zero-order chi connectivity index (χ0) is 24.0. The summed E-state index contributed by atoms with van der Waals surface area (Å²) in [6, 6.07) is 9.75. The first-order valence-electron chi connectivity index (χ1n) is 11.3. The van der Waals surface area contributed by atoms with E-state index in [-0.39, 0.29) is 11.3 Å². The molecular formula is C26H36N2O5. The van der Waals surface area contributed by atoms with Crippen LogP contribution in [0.2, 0.25) is 0 Å². The number of fused-ring (bicyclic) bond motifs is 1. The summed E-state index contributed by atoms with van der Waals surface area (Å²) in [5, 5.41) is 3.48. The van der Waals surface area contributed by atoms with Gasteiger partial charge in [-0.25, -0.2) is 0 Å². The first kappa shape index (κ1) is 24.7. The molecule has 0 bridgehead atoms. The Morgan fingerprint density at radius 2 is 1.52 bits per heavy atom. The minimum Gasteiger partial charge on any atom is -0.493 e. The molecular weight excluding hydrogens is 420 g/mol. The monoisotopic (exact) mass is 456 g/mol. The Morgan fingerprint density at radius 1 is 0.879 bits per heavy atom. The average molecular weight is 457 g/mol. The van der Waals surface area contributed by atoms with Crippen molar-refractivity contribution in [3.63, 3.8) is 0 Å². The van der Waals surface area contributed by atoms with E-state index in [0.717, 1.165) is 43.0 Å². The fraction of sp³-hybridized carbons (Fsp3) is 0.500. The molecule has 2 aromatic rings. The average Bonchev–Trinajstić information content (AvgIpc) is 2.82. The highest BCUT2D eigenvalue weighted by atomic mass is 16.5. The molecule has 0 saturated heterocycles. The molecule has 7 nitrogen and oxygen atoms in total. The van der Waals surface area contributed by atoms with Gasteiger partial charge in [0.1, 0.15) is 0 Å². The van der Waals surface area contributed by atoms with Gasteiger partial charge in [-0.15, -0.1) is 0 Å². The van der Waals surface area contributed by atoms with Crippen molar-refractivity contribution in [3.05, 3.63) is 47.0 Å². The standard InChI is InChI=1S/C26H36N2O5/c1-26(2)17-28(25(29)19-15-23(32-5)24(33-6)16-20(19)26)13-7-11-27-12-10-18-8-9-21(30-3)22(14-18)31-4/h8-9,14-16,27H,7,10-13,17H2,1-6H3. The van der Waals surface area contributed by atoms with E-state index in [9.17, 15) is 4.79 Å². The van der Waals surface area contributed by atoms with Crippen LogP contribution in [0.1, 0.15) is 41.8 Å². The van der Waals surface area contributed by atoms with Crippen LogP contribution in [0.15, 0.2) is 30.3 Å². The second kappa shape index (κ2) is 10.8. The van der Waals surface area contributed by atoms with Crippen molar-refractivity contribution >= 4 is 5.91 Å². The quantitative estimate of drug-likeness (QED) is 0.521. The van der Waals surface area contributed by atoms with Gasteiger partial charge in [0.25, 0.3) is 5.91 Å². The van der Waals surface area contributed by atoms with Gasteiger partial charge >= 0.3 is 0 Å². The highest BCUT2D eigenvalue weighted by Gasteiger charge is 2.37. The Kier molecular flexibility index (Phi) is 8.08. The maximum Gasteiger partial charge on any atom is 0.254 e. The maximum atomic E-state index is 13.2. The lowest BCUT2D eigenvalue weighted by molar-refractivity contribution is 0.0685. The smallest absolute Gasteiger partial charge is 0.254 e. The lowest BCUT2D eigenvalue weighted by Gasteiger charge is -2.40. The molecule has 0 fully saturated rings. The molecule has 0 aromatic heterocycles. The van der Waals surface area contributed by atoms with Crippen molar-refractivity contribution in [2.45, 2.75) is 32.1 Å². The Balaban J connectivity index is 1.53. The summed E-state index contributed by atoms with van der Waals surface area (Å²) in [6.07, 6.45) is 1.78. The number of carbonyl (C=O) groups excluding carboxylic acids is 1. The molecule has 0 saturated carbocycles. The van der Waals surface area contributed by atoms with Gasteiger partial charge in [0.05, 0.1) is 28.4 Å². The van der Waals surface area contributed by atoms with Crippen LogP contribution in [0.25, 0.3) is 0 Å². The molecule has 0 atom stereocenters. The molecule has 1 heterocycles. The number of nitrogens with one attached hydrogen (secondary N) is 1. The fourth-order valence-electron chi connectivity index (χ4n) is 4.39. The van der Waals surface area contributed by atoms with Gasteiger partial charge in [-0.3, -0.25) is 4.79 Å². The van der Waals surface area contributed by atoms with Gasteiger partial charge in [-0.2, -0.15) is 0 Å². The first-order valence-corrected chi connectivity index (χ1v) is 11.3. The maximum absolute atomic E-state index is 13.2. The zero-order valence-corrected chi connectivity index (χ0v) is 20.6. The number of benzene rings is 2. The van der Waals surface area contributed by atoms with Crippen LogP contribution in [-0.2, 0) is 11.8 Å². The van der Waals surface area contributed by atoms with Crippen LogP contribution in [-0.4, -0.2) is 65.4 Å². The Hall–Kier alpha value is -2.93. The molecule has 0 radical (unpaired) electrons. The highest BCUT2D eigenvalue weighted by Crippen LogP contribution is 2.40. The van der Waals surface area contributed by atoms with Gasteiger partial charge in [-0.05, 0) is 61.3 Å². The van der Waals surface area contributed by atoms with E-state index in [1.807, 2.05) is 29.2 Å². The number of hydrogen-bond donors (Lipinski definition) is 1. The third kappa shape index (κ3) is 5.53. The normalized spacial score (nSPS) is 14.6. The predicted octanol–water partition coefficient (Wildman–Crippen LogP) is 3.68. The highest BCUT2D eigenvalue weighted by molar-refractivity contribution is 5.98. The number of hydrogen-bond acceptors (Lipinski definition) is 6. The van der Waals surface area contributed by atoms with Gasteiger partial charge in [0.2, 0.25) is 0 Å². The molecule has 3 rings (SSSR count). The predicted molar refractivity (Wildman–Crippen MR) is 129 cm³/mol. The second-order valence-corrected chi connectivity index (χ2v) is 8.91. The van der Waals surface area contributed by atoms with Gasteiger partial charge in [0, 0.05) is 24.1 Å². The van der Waals surface area contributed by atoms with Crippen LogP contribution >= 0.6 is 0 Å². The summed E-state index contributed by atoms with van der Waals surface area (Å²) in [4.78, 5) is 15.1. The molecule has 180 valence electrons. The van der Waals surface area contributed by atoms with E-state index in [0.29, 0.717) is 30.2 Å². The number of methoxy groups -OCH3 is 4. The number of nitrogens with zero attached hydrogens (tertiary/aromatic N) is 1. The summed E-state index contributed by atoms with van der Waals surface area (Å²) in [5.74, 6) is 2.77. The largest absolute Gasteiger partial charge is 0.493 e. The van der Waals surface area contributed by atoms with E-state index < -0.39 is 0 Å². The third-order valence-corrected chi connectivity index (χ3v) is 6.18. The summed E-state index contributed by atoms with van der Waals surface area (Å²) in [5.41, 5.74) is 2.73. The molecule has 33 heavy (non-hydrogen) atoms. The molecule has 1 aliphatic heterocycles. The minimum absolute atomic E-state index is 0.0515. The topological polar surface area (TPSA) is 69.3 Å². The molecule has 0 spiro atoms. The SMILES string of the molecule is COc1ccc(CCNCCCN2CC(C)(C)c3cc(OC)c(OC)cc3C2=O)cc1OC. The van der Waals surface area contributed by atoms with Crippen LogP contribution in [0, 0.1) is 0 Å². The summed E-state index contributed by atoms with van der Waals surface area (Å²) >= 11 is 0. The number of ether oxygens (including phenoxy) is 4. The summed E-state index contributed by atoms with van der Waals surface area (Å²) in [6.45, 7) is 7.42. The first-order chi connectivity index (χ1) is 15.8. The van der Waals surface area contributed by atoms with E-state index >= 15 is 0 Å². The van der Waals surface area contributed by atoms with Gasteiger partial charge < -0.3 is 29.2 Å². The molecule has 1 amide bonds. The summed E-state index contributed by atoms with van der Waals surface area (Å²) < 4.78 is 21.5. The second-order valence-electron chi connectivity index (χ2n) is 8.91. The Bertz CT molecular complexity index is 973. The Labute approximate surface area is 197 Å². The van der Waals surface area contributed by atoms with Crippen molar-refractivity contribution in [3.8, 4) is 23.0 Å². The van der Waals surface area contributed by atoms with Crippen molar-refractivity contribution in [1.82, 2.24) is 10.2 Å². The zero-order valence-electron chi connectivity index (χ0n) is 20.6. The third-order valence-electron chi connectivity index (χ3n) is 6.18. The van der Waals surface area contributed by atoms with E-state index in [1.54, 1.807) is 28.4 Å². The van der Waals surface area contributed by atoms with Crippen LogP contribution in [0.4, 0.5) is 0 Å². The van der Waals surface area contributed by atoms with Gasteiger partial charge in [-0.1, -0.05) is 19.9 Å². The van der Waals surface area contributed by atoms with E-state index in [2.05, 4.69) is 25.2 Å². The molecule has 0 aliphatic carbocycles. The fourth-order valence-corrected chi connectivity index (χ4v) is 4.39. The number of rotatable bonds is 11. The summed E-state index contributed by atoms with van der Waals surface area (Å²) in [7, 11) is 6.49. The van der Waals surface area contributed by atoms with E-state index in [1.165, 1.54) is 5.56 Å². The van der Waals surface area contributed by atoms with Crippen LogP contribution < -0.4 is 24.3 Å². The minimum atomic E-state index is -0.163. The Morgan fingerprint density at radius 3 is 2.18 bits per heavy atom. The van der Waals surface area contributed by atoms with Crippen molar-refractivity contribution in [2.24, 2.45) is 0 Å². The molecule has 1 aliphatic rings. The van der Waals surface area contributed by atoms with Crippen LogP contribution in [0.3, 0.4) is 0 Å². The molecule has 2 aromatic carbocycles. The number of amides is 1. The lowest BCUT2D eigenvalue weighted by atomic mass is 9.77. The van der Waals surface area contributed by atoms with Crippen molar-refractivity contribution in [1.29, 1.82) is 0 Å². The van der Waals surface area contributed by atoms with E-state index in [4.69, 9.17) is 18.9 Å². The lowest BCUT2D eigenvalue weighted by Crippen LogP contribution is -2.47. The van der Waals surface area contributed by atoms with Crippen LogP contribution in [0.5, 0.6) is 23.0 Å².